The fourth-order valence-electron chi connectivity index (χ4n) is 3.63. The van der Waals surface area contributed by atoms with Gasteiger partial charge < -0.3 is 10.2 Å². The summed E-state index contributed by atoms with van der Waals surface area (Å²) >= 11 is 1.80. The van der Waals surface area contributed by atoms with Crippen LogP contribution in [0.3, 0.4) is 0 Å². The summed E-state index contributed by atoms with van der Waals surface area (Å²) < 4.78 is 0. The molecule has 126 valence electrons. The van der Waals surface area contributed by atoms with Crippen LogP contribution in [0.25, 0.3) is 0 Å². The number of thioether (sulfide) groups is 1. The lowest BCUT2D eigenvalue weighted by Gasteiger charge is -2.30. The summed E-state index contributed by atoms with van der Waals surface area (Å²) in [7, 11) is 0. The van der Waals surface area contributed by atoms with E-state index in [1.54, 1.807) is 11.8 Å². The third-order valence-electron chi connectivity index (χ3n) is 4.96. The Morgan fingerprint density at radius 2 is 1.96 bits per heavy atom. The Morgan fingerprint density at radius 1 is 1.22 bits per heavy atom. The number of hydrogen-bond acceptors (Lipinski definition) is 3. The average molecular weight is 333 g/mol. The van der Waals surface area contributed by atoms with Gasteiger partial charge in [-0.25, -0.2) is 0 Å². The second-order valence-corrected chi connectivity index (χ2v) is 8.30. The van der Waals surface area contributed by atoms with Crippen molar-refractivity contribution in [2.24, 2.45) is 5.92 Å². The summed E-state index contributed by atoms with van der Waals surface area (Å²) in [6.45, 7) is 6.15. The van der Waals surface area contributed by atoms with Crippen molar-refractivity contribution in [1.82, 2.24) is 10.2 Å². The summed E-state index contributed by atoms with van der Waals surface area (Å²) in [5.41, 5.74) is 1.30. The maximum Gasteiger partial charge on any atom is 0.236 e. The second kappa shape index (κ2) is 7.71. The molecule has 0 aromatic heterocycles. The predicted octanol–water partition coefficient (Wildman–Crippen LogP) is 3.30. The second-order valence-electron chi connectivity index (χ2n) is 7.17. The van der Waals surface area contributed by atoms with Crippen LogP contribution in [0.1, 0.15) is 38.7 Å². The summed E-state index contributed by atoms with van der Waals surface area (Å²) in [4.78, 5) is 15.2. The lowest BCUT2D eigenvalue weighted by Crippen LogP contribution is -2.44. The molecule has 3 rings (SSSR count). The number of fused-ring (bicyclic) bond motifs is 2. The van der Waals surface area contributed by atoms with E-state index < -0.39 is 0 Å². The zero-order valence-electron chi connectivity index (χ0n) is 14.2. The van der Waals surface area contributed by atoms with Gasteiger partial charge in [0, 0.05) is 30.9 Å². The first kappa shape index (κ1) is 16.8. The van der Waals surface area contributed by atoms with Crippen LogP contribution >= 0.6 is 11.8 Å². The van der Waals surface area contributed by atoms with Gasteiger partial charge in [0.25, 0.3) is 0 Å². The van der Waals surface area contributed by atoms with E-state index in [1.165, 1.54) is 18.4 Å². The third kappa shape index (κ3) is 4.30. The molecule has 0 aliphatic carbocycles. The number of hydrogen-bond donors (Lipinski definition) is 1. The van der Waals surface area contributed by atoms with Crippen LogP contribution in [0.4, 0.5) is 0 Å². The quantitative estimate of drug-likeness (QED) is 0.898. The van der Waals surface area contributed by atoms with Crippen LogP contribution in [0.15, 0.2) is 30.3 Å². The number of likely N-dealkylation sites (tertiary alicyclic amines) is 1. The Bertz CT molecular complexity index is 519. The van der Waals surface area contributed by atoms with Gasteiger partial charge in [0.2, 0.25) is 5.91 Å². The Hall–Kier alpha value is -1.00. The Balaban J connectivity index is 1.61. The molecule has 1 amide bonds. The van der Waals surface area contributed by atoms with Crippen LogP contribution in [0, 0.1) is 5.92 Å². The van der Waals surface area contributed by atoms with Crippen molar-refractivity contribution in [2.75, 3.05) is 13.1 Å². The van der Waals surface area contributed by atoms with Crippen LogP contribution in [0.2, 0.25) is 0 Å². The molecule has 3 atom stereocenters. The zero-order chi connectivity index (χ0) is 16.2. The predicted molar refractivity (Wildman–Crippen MR) is 97.5 cm³/mol. The molecule has 2 heterocycles. The van der Waals surface area contributed by atoms with Crippen molar-refractivity contribution >= 4 is 17.7 Å². The molecule has 23 heavy (non-hydrogen) atoms. The summed E-state index contributed by atoms with van der Waals surface area (Å²) in [5, 5.41) is 3.72. The van der Waals surface area contributed by atoms with Gasteiger partial charge in [0.05, 0.1) is 5.25 Å². The van der Waals surface area contributed by atoms with Crippen LogP contribution in [-0.4, -0.2) is 41.2 Å². The third-order valence-corrected chi connectivity index (χ3v) is 6.56. The van der Waals surface area contributed by atoms with E-state index in [0.29, 0.717) is 23.9 Å². The number of rotatable bonds is 5. The molecule has 3 nitrogen and oxygen atoms in total. The molecule has 0 saturated carbocycles. The molecule has 0 radical (unpaired) electrons. The minimum Gasteiger partial charge on any atom is -0.340 e. The number of carbonyl (C=O) groups is 1. The van der Waals surface area contributed by atoms with Crippen molar-refractivity contribution in [3.05, 3.63) is 35.9 Å². The van der Waals surface area contributed by atoms with Gasteiger partial charge >= 0.3 is 0 Å². The highest BCUT2D eigenvalue weighted by atomic mass is 32.2. The van der Waals surface area contributed by atoms with E-state index in [0.717, 1.165) is 25.3 Å². The number of nitrogens with zero attached hydrogens (tertiary/aromatic N) is 1. The minimum absolute atomic E-state index is 0.0619. The summed E-state index contributed by atoms with van der Waals surface area (Å²) in [6.07, 6.45) is 3.61. The van der Waals surface area contributed by atoms with Gasteiger partial charge in [-0.2, -0.15) is 0 Å². The number of carbonyl (C=O) groups excluding carboxylic acids is 1. The van der Waals surface area contributed by atoms with Gasteiger partial charge in [0.15, 0.2) is 0 Å². The molecule has 1 aromatic rings. The van der Waals surface area contributed by atoms with Crippen molar-refractivity contribution in [2.45, 2.75) is 56.2 Å². The van der Waals surface area contributed by atoms with Gasteiger partial charge in [0.1, 0.15) is 0 Å². The standard InChI is InChI=1S/C19H28N2OS/c1-14(2)18(23-13-15-6-4-3-5-7-15)19(22)21-11-10-16-8-9-17(12-21)20-16/h3-7,14,16-18,20H,8-13H2,1-2H3. The van der Waals surface area contributed by atoms with Crippen molar-refractivity contribution < 1.29 is 4.79 Å². The van der Waals surface area contributed by atoms with Crippen LogP contribution in [-0.2, 0) is 10.5 Å². The maximum atomic E-state index is 13.1. The highest BCUT2D eigenvalue weighted by Gasteiger charge is 2.34. The van der Waals surface area contributed by atoms with Crippen LogP contribution < -0.4 is 5.32 Å². The number of benzene rings is 1. The van der Waals surface area contributed by atoms with E-state index in [2.05, 4.69) is 48.3 Å². The SMILES string of the molecule is CC(C)C(SCc1ccccc1)C(=O)N1CCC2CCC(C1)N2. The van der Waals surface area contributed by atoms with E-state index >= 15 is 0 Å². The smallest absolute Gasteiger partial charge is 0.236 e. The fraction of sp³-hybridized carbons (Fsp3) is 0.632. The highest BCUT2D eigenvalue weighted by molar-refractivity contribution is 7.99. The Kier molecular flexibility index (Phi) is 5.65. The van der Waals surface area contributed by atoms with E-state index in [9.17, 15) is 4.79 Å². The van der Waals surface area contributed by atoms with E-state index in [4.69, 9.17) is 0 Å². The Morgan fingerprint density at radius 3 is 2.70 bits per heavy atom. The van der Waals surface area contributed by atoms with Gasteiger partial charge in [-0.1, -0.05) is 44.2 Å². The molecular weight excluding hydrogens is 304 g/mol. The number of amides is 1. The largest absolute Gasteiger partial charge is 0.340 e. The van der Waals surface area contributed by atoms with E-state index in [1.807, 2.05) is 6.07 Å². The van der Waals surface area contributed by atoms with Crippen molar-refractivity contribution in [3.8, 4) is 0 Å². The van der Waals surface area contributed by atoms with Crippen molar-refractivity contribution in [1.29, 1.82) is 0 Å². The molecule has 2 aliphatic heterocycles. The molecule has 2 aliphatic rings. The topological polar surface area (TPSA) is 32.3 Å². The van der Waals surface area contributed by atoms with Gasteiger partial charge in [-0.05, 0) is 30.7 Å². The fourth-order valence-corrected chi connectivity index (χ4v) is 4.87. The number of nitrogens with one attached hydrogen (secondary N) is 1. The molecule has 2 saturated heterocycles. The average Bonchev–Trinajstić information content (AvgIpc) is 2.87. The monoisotopic (exact) mass is 332 g/mol. The van der Waals surface area contributed by atoms with E-state index in [-0.39, 0.29) is 5.25 Å². The first-order valence-corrected chi connectivity index (χ1v) is 9.88. The lowest BCUT2D eigenvalue weighted by molar-refractivity contribution is -0.131. The molecular formula is C19H28N2OS. The molecule has 4 heteroatoms. The zero-order valence-corrected chi connectivity index (χ0v) is 15.0. The van der Waals surface area contributed by atoms with Crippen molar-refractivity contribution in [3.63, 3.8) is 0 Å². The molecule has 3 unspecified atom stereocenters. The van der Waals surface area contributed by atoms with Gasteiger partial charge in [-0.3, -0.25) is 4.79 Å². The lowest BCUT2D eigenvalue weighted by atomic mass is 10.1. The normalized spacial score (nSPS) is 25.4. The van der Waals surface area contributed by atoms with Gasteiger partial charge in [-0.15, -0.1) is 11.8 Å². The Labute approximate surface area is 144 Å². The highest BCUT2D eigenvalue weighted by Crippen LogP contribution is 2.28. The van der Waals surface area contributed by atoms with Crippen LogP contribution in [0.5, 0.6) is 0 Å². The molecule has 1 N–H and O–H groups in total. The molecule has 0 spiro atoms. The molecule has 2 fully saturated rings. The molecule has 1 aromatic carbocycles. The minimum atomic E-state index is 0.0619. The summed E-state index contributed by atoms with van der Waals surface area (Å²) in [6, 6.07) is 11.6. The first-order valence-electron chi connectivity index (χ1n) is 8.84. The summed E-state index contributed by atoms with van der Waals surface area (Å²) in [5.74, 6) is 1.62. The molecule has 2 bridgehead atoms. The maximum absolute atomic E-state index is 13.1. The first-order chi connectivity index (χ1) is 11.1.